The topological polar surface area (TPSA) is 38.3 Å². The normalized spacial score (nSPS) is 10.7. The molecule has 0 atom stereocenters. The van der Waals surface area contributed by atoms with Crippen molar-refractivity contribution in [2.24, 2.45) is 0 Å². The Balaban J connectivity index is 1.62. The fourth-order valence-corrected chi connectivity index (χ4v) is 3.44. The average molecular weight is 329 g/mol. The maximum absolute atomic E-state index is 13.6. The van der Waals surface area contributed by atoms with Crippen molar-refractivity contribution >= 4 is 27.3 Å². The van der Waals surface area contributed by atoms with Gasteiger partial charge in [-0.1, -0.05) is 18.2 Å². The smallest absolute Gasteiger partial charge is 0.251 e. The summed E-state index contributed by atoms with van der Waals surface area (Å²) in [5.41, 5.74) is 1.50. The van der Waals surface area contributed by atoms with E-state index in [0.717, 1.165) is 6.42 Å². The predicted octanol–water partition coefficient (Wildman–Crippen LogP) is 4.02. The summed E-state index contributed by atoms with van der Waals surface area (Å²) < 4.78 is 19.7. The highest BCUT2D eigenvalue weighted by atomic mass is 32.1. The van der Waals surface area contributed by atoms with Crippen LogP contribution in [0.4, 0.5) is 4.39 Å². The van der Waals surface area contributed by atoms with Crippen molar-refractivity contribution in [2.45, 2.75) is 6.42 Å². The van der Waals surface area contributed by atoms with E-state index >= 15 is 0 Å². The fraction of sp³-hybridized carbons (Fsp3) is 0.167. The Bertz CT molecular complexity index is 844. The van der Waals surface area contributed by atoms with Gasteiger partial charge in [-0.2, -0.15) is 0 Å². The molecule has 0 radical (unpaired) electrons. The van der Waals surface area contributed by atoms with Crippen LogP contribution in [-0.4, -0.2) is 19.6 Å². The minimum atomic E-state index is -0.538. The van der Waals surface area contributed by atoms with Crippen molar-refractivity contribution in [3.8, 4) is 5.75 Å². The number of fused-ring (bicyclic) bond motifs is 1. The van der Waals surface area contributed by atoms with Crippen LogP contribution in [0.1, 0.15) is 15.9 Å². The largest absolute Gasteiger partial charge is 0.494 e. The summed E-state index contributed by atoms with van der Waals surface area (Å²) in [7, 11) is 1.39. The van der Waals surface area contributed by atoms with Crippen molar-refractivity contribution < 1.29 is 13.9 Å². The van der Waals surface area contributed by atoms with Crippen molar-refractivity contribution in [1.82, 2.24) is 5.32 Å². The van der Waals surface area contributed by atoms with Gasteiger partial charge in [-0.05, 0) is 47.0 Å². The molecule has 3 aromatic rings. The minimum absolute atomic E-state index is 0.131. The van der Waals surface area contributed by atoms with Crippen molar-refractivity contribution in [2.75, 3.05) is 13.7 Å². The quantitative estimate of drug-likeness (QED) is 0.768. The molecule has 0 aliphatic heterocycles. The average Bonchev–Trinajstić information content (AvgIpc) is 2.98. The monoisotopic (exact) mass is 329 g/mol. The molecule has 0 aliphatic carbocycles. The highest BCUT2D eigenvalue weighted by Gasteiger charge is 2.10. The molecule has 1 aromatic heterocycles. The van der Waals surface area contributed by atoms with Crippen LogP contribution in [0.25, 0.3) is 10.1 Å². The van der Waals surface area contributed by atoms with Gasteiger partial charge in [0.25, 0.3) is 5.91 Å². The van der Waals surface area contributed by atoms with Crippen LogP contribution < -0.4 is 10.1 Å². The number of halogens is 1. The lowest BCUT2D eigenvalue weighted by Gasteiger charge is -2.07. The van der Waals surface area contributed by atoms with E-state index in [9.17, 15) is 9.18 Å². The van der Waals surface area contributed by atoms with Crippen LogP contribution >= 0.6 is 11.3 Å². The third-order valence-corrected chi connectivity index (χ3v) is 4.67. The van der Waals surface area contributed by atoms with Gasteiger partial charge in [-0.3, -0.25) is 4.79 Å². The molecule has 1 N–H and O–H groups in total. The number of carbonyl (C=O) groups excluding carboxylic acids is 1. The molecule has 0 fully saturated rings. The SMILES string of the molecule is COc1ccc(C(=O)NCCc2csc3ccccc23)cc1F. The van der Waals surface area contributed by atoms with Crippen LogP contribution in [0.2, 0.25) is 0 Å². The van der Waals surface area contributed by atoms with Crippen LogP contribution in [0.15, 0.2) is 47.8 Å². The number of hydrogen-bond acceptors (Lipinski definition) is 3. The molecule has 1 amide bonds. The number of nitrogens with one attached hydrogen (secondary N) is 1. The van der Waals surface area contributed by atoms with E-state index in [0.29, 0.717) is 12.1 Å². The van der Waals surface area contributed by atoms with E-state index in [4.69, 9.17) is 4.74 Å². The molecule has 3 rings (SSSR count). The zero-order valence-electron chi connectivity index (χ0n) is 12.6. The second-order valence-corrected chi connectivity index (χ2v) is 6.02. The van der Waals surface area contributed by atoms with E-state index in [-0.39, 0.29) is 11.7 Å². The maximum atomic E-state index is 13.6. The lowest BCUT2D eigenvalue weighted by molar-refractivity contribution is 0.0953. The molecular weight excluding hydrogens is 313 g/mol. The van der Waals surface area contributed by atoms with Gasteiger partial charge in [0.1, 0.15) is 0 Å². The molecular formula is C18H16FNO2S. The number of thiophene rings is 1. The van der Waals surface area contributed by atoms with Crippen molar-refractivity contribution in [3.63, 3.8) is 0 Å². The molecule has 0 unspecified atom stereocenters. The summed E-state index contributed by atoms with van der Waals surface area (Å²) in [5.74, 6) is -0.693. The van der Waals surface area contributed by atoms with E-state index in [2.05, 4.69) is 22.8 Å². The third-order valence-electron chi connectivity index (χ3n) is 3.66. The van der Waals surface area contributed by atoms with Gasteiger partial charge in [0, 0.05) is 16.8 Å². The Labute approximate surface area is 137 Å². The van der Waals surface area contributed by atoms with Crippen molar-refractivity contribution in [1.29, 1.82) is 0 Å². The number of methoxy groups -OCH3 is 1. The first kappa shape index (κ1) is 15.5. The predicted molar refractivity (Wildman–Crippen MR) is 90.8 cm³/mol. The lowest BCUT2D eigenvalue weighted by atomic mass is 10.1. The Hall–Kier alpha value is -2.40. The lowest BCUT2D eigenvalue weighted by Crippen LogP contribution is -2.25. The Morgan fingerprint density at radius 2 is 2.09 bits per heavy atom. The van der Waals surface area contributed by atoms with Gasteiger partial charge in [0.15, 0.2) is 11.6 Å². The molecule has 23 heavy (non-hydrogen) atoms. The fourth-order valence-electron chi connectivity index (χ4n) is 2.45. The minimum Gasteiger partial charge on any atom is -0.494 e. The van der Waals surface area contributed by atoms with Gasteiger partial charge >= 0.3 is 0 Å². The van der Waals surface area contributed by atoms with Crippen LogP contribution in [0.5, 0.6) is 5.75 Å². The summed E-state index contributed by atoms with van der Waals surface area (Å²) in [6.45, 7) is 0.507. The highest BCUT2D eigenvalue weighted by Crippen LogP contribution is 2.25. The van der Waals surface area contributed by atoms with Crippen LogP contribution in [-0.2, 0) is 6.42 Å². The molecule has 0 saturated heterocycles. The van der Waals surface area contributed by atoms with Crippen LogP contribution in [0.3, 0.4) is 0 Å². The van der Waals surface area contributed by atoms with E-state index < -0.39 is 5.82 Å². The number of ether oxygens (including phenoxy) is 1. The van der Waals surface area contributed by atoms with Gasteiger partial charge < -0.3 is 10.1 Å². The first-order valence-corrected chi connectivity index (χ1v) is 8.14. The zero-order chi connectivity index (χ0) is 16.2. The summed E-state index contributed by atoms with van der Waals surface area (Å²) in [6.07, 6.45) is 0.744. The molecule has 0 aliphatic rings. The third kappa shape index (κ3) is 3.35. The summed E-state index contributed by atoms with van der Waals surface area (Å²) in [4.78, 5) is 12.1. The van der Waals surface area contributed by atoms with Crippen molar-refractivity contribution in [3.05, 3.63) is 64.8 Å². The van der Waals surface area contributed by atoms with Crippen LogP contribution in [0, 0.1) is 5.82 Å². The summed E-state index contributed by atoms with van der Waals surface area (Å²) in [5, 5.41) is 6.16. The number of benzene rings is 2. The number of rotatable bonds is 5. The molecule has 0 bridgehead atoms. The number of carbonyl (C=O) groups is 1. The molecule has 3 nitrogen and oxygen atoms in total. The second kappa shape index (κ2) is 6.79. The first-order valence-electron chi connectivity index (χ1n) is 7.26. The summed E-state index contributed by atoms with van der Waals surface area (Å²) in [6, 6.07) is 12.4. The molecule has 5 heteroatoms. The molecule has 2 aromatic carbocycles. The Morgan fingerprint density at radius 3 is 2.87 bits per heavy atom. The molecule has 0 saturated carbocycles. The van der Waals surface area contributed by atoms with Gasteiger partial charge in [0.05, 0.1) is 7.11 Å². The Kier molecular flexibility index (Phi) is 4.57. The van der Waals surface area contributed by atoms with E-state index in [1.807, 2.05) is 12.1 Å². The zero-order valence-corrected chi connectivity index (χ0v) is 13.5. The van der Waals surface area contributed by atoms with Gasteiger partial charge in [0.2, 0.25) is 0 Å². The first-order chi connectivity index (χ1) is 11.2. The van der Waals surface area contributed by atoms with Gasteiger partial charge in [-0.25, -0.2) is 4.39 Å². The van der Waals surface area contributed by atoms with Gasteiger partial charge in [-0.15, -0.1) is 11.3 Å². The maximum Gasteiger partial charge on any atom is 0.251 e. The van der Waals surface area contributed by atoms with E-state index in [1.54, 1.807) is 17.4 Å². The standard InChI is InChI=1S/C18H16FNO2S/c1-22-16-7-6-12(10-15(16)19)18(21)20-9-8-13-11-23-17-5-3-2-4-14(13)17/h2-7,10-11H,8-9H2,1H3,(H,20,21). The Morgan fingerprint density at radius 1 is 1.26 bits per heavy atom. The molecule has 1 heterocycles. The number of amides is 1. The second-order valence-electron chi connectivity index (χ2n) is 5.11. The number of hydrogen-bond donors (Lipinski definition) is 1. The highest BCUT2D eigenvalue weighted by molar-refractivity contribution is 7.17. The molecule has 0 spiro atoms. The van der Waals surface area contributed by atoms with E-state index in [1.165, 1.54) is 34.9 Å². The summed E-state index contributed by atoms with van der Waals surface area (Å²) >= 11 is 1.70. The molecule has 118 valence electrons.